The lowest BCUT2D eigenvalue weighted by atomic mass is 9.99. The minimum Gasteiger partial charge on any atom is -0.465 e. The molecule has 2 rings (SSSR count). The summed E-state index contributed by atoms with van der Waals surface area (Å²) in [7, 11) is 0. The minimum absolute atomic E-state index is 0.324. The quantitative estimate of drug-likeness (QED) is 0.711. The number of carboxylic acid groups (broad SMARTS) is 1. The van der Waals surface area contributed by atoms with Gasteiger partial charge in [0.2, 0.25) is 0 Å². The van der Waals surface area contributed by atoms with Crippen LogP contribution in [0, 0.1) is 0 Å². The van der Waals surface area contributed by atoms with Crippen LogP contribution in [-0.2, 0) is 12.8 Å². The Hall–Kier alpha value is -1.51. The van der Waals surface area contributed by atoms with Gasteiger partial charge in [-0.1, -0.05) is 24.3 Å². The second-order valence-electron chi connectivity index (χ2n) is 4.11. The van der Waals surface area contributed by atoms with Gasteiger partial charge in [-0.3, -0.25) is 0 Å². The Morgan fingerprint density at radius 2 is 1.86 bits per heavy atom. The molecule has 0 saturated carbocycles. The lowest BCUT2D eigenvalue weighted by molar-refractivity contribution is 0.181. The number of nitrogens with one attached hydrogen (secondary N) is 1. The first kappa shape index (κ1) is 9.06. The molecular formula is C11H13NO2. The van der Waals surface area contributed by atoms with Crippen molar-refractivity contribution in [1.82, 2.24) is 5.32 Å². The van der Waals surface area contributed by atoms with Crippen LogP contribution in [0.25, 0.3) is 0 Å². The summed E-state index contributed by atoms with van der Waals surface area (Å²) in [4.78, 5) is 10.6. The number of amides is 1. The number of fused-ring (bicyclic) bond motifs is 1. The molecule has 14 heavy (non-hydrogen) atoms. The van der Waals surface area contributed by atoms with E-state index in [9.17, 15) is 4.79 Å². The molecule has 0 unspecified atom stereocenters. The molecule has 0 saturated heterocycles. The molecule has 74 valence electrons. The summed E-state index contributed by atoms with van der Waals surface area (Å²) in [6, 6.07) is 8.10. The smallest absolute Gasteiger partial charge is 0.405 e. The Kier molecular flexibility index (Phi) is 1.95. The van der Waals surface area contributed by atoms with Gasteiger partial charge in [0, 0.05) is 5.54 Å². The van der Waals surface area contributed by atoms with Crippen LogP contribution in [-0.4, -0.2) is 16.7 Å². The van der Waals surface area contributed by atoms with Crippen molar-refractivity contribution in [3.05, 3.63) is 35.4 Å². The fourth-order valence-electron chi connectivity index (χ4n) is 2.15. The maximum Gasteiger partial charge on any atom is 0.405 e. The van der Waals surface area contributed by atoms with Crippen LogP contribution < -0.4 is 5.32 Å². The van der Waals surface area contributed by atoms with E-state index in [1.807, 2.05) is 19.1 Å². The minimum atomic E-state index is -0.944. The van der Waals surface area contributed by atoms with Crippen molar-refractivity contribution < 1.29 is 9.90 Å². The van der Waals surface area contributed by atoms with Crippen LogP contribution in [0.5, 0.6) is 0 Å². The molecule has 0 fully saturated rings. The zero-order chi connectivity index (χ0) is 10.2. The van der Waals surface area contributed by atoms with Crippen LogP contribution in [0.2, 0.25) is 0 Å². The van der Waals surface area contributed by atoms with Crippen molar-refractivity contribution >= 4 is 6.09 Å². The molecule has 3 nitrogen and oxygen atoms in total. The first-order valence-corrected chi connectivity index (χ1v) is 4.67. The largest absolute Gasteiger partial charge is 0.465 e. The zero-order valence-corrected chi connectivity index (χ0v) is 8.08. The molecule has 1 aliphatic carbocycles. The molecule has 0 atom stereocenters. The monoisotopic (exact) mass is 191 g/mol. The topological polar surface area (TPSA) is 49.3 Å². The average molecular weight is 191 g/mol. The maximum atomic E-state index is 10.6. The predicted octanol–water partition coefficient (Wildman–Crippen LogP) is 1.81. The summed E-state index contributed by atoms with van der Waals surface area (Å²) < 4.78 is 0. The SMILES string of the molecule is CC1(NC(=O)O)Cc2ccccc2C1. The third-order valence-corrected chi connectivity index (χ3v) is 2.69. The van der Waals surface area contributed by atoms with Crippen LogP contribution in [0.3, 0.4) is 0 Å². The molecule has 1 amide bonds. The molecule has 0 spiro atoms. The van der Waals surface area contributed by atoms with Gasteiger partial charge in [-0.2, -0.15) is 0 Å². The summed E-state index contributed by atoms with van der Waals surface area (Å²) in [5.41, 5.74) is 2.18. The highest BCUT2D eigenvalue weighted by molar-refractivity contribution is 5.66. The average Bonchev–Trinajstić information content (AvgIpc) is 2.38. The van der Waals surface area contributed by atoms with Crippen molar-refractivity contribution in [3.8, 4) is 0 Å². The van der Waals surface area contributed by atoms with E-state index in [1.165, 1.54) is 11.1 Å². The molecular weight excluding hydrogens is 178 g/mol. The van der Waals surface area contributed by atoms with Gasteiger partial charge in [0.05, 0.1) is 0 Å². The molecule has 0 heterocycles. The number of benzene rings is 1. The van der Waals surface area contributed by atoms with E-state index in [1.54, 1.807) is 0 Å². The molecule has 1 aliphatic rings. The number of hydrogen-bond donors (Lipinski definition) is 2. The van der Waals surface area contributed by atoms with Crippen LogP contribution >= 0.6 is 0 Å². The highest BCUT2D eigenvalue weighted by Gasteiger charge is 2.33. The van der Waals surface area contributed by atoms with Crippen molar-refractivity contribution in [2.75, 3.05) is 0 Å². The summed E-state index contributed by atoms with van der Waals surface area (Å²) in [6.45, 7) is 1.95. The summed E-state index contributed by atoms with van der Waals surface area (Å²) in [5.74, 6) is 0. The fraction of sp³-hybridized carbons (Fsp3) is 0.364. The normalized spacial score (nSPS) is 17.5. The lowest BCUT2D eigenvalue weighted by Gasteiger charge is -2.23. The molecule has 1 aromatic rings. The second kappa shape index (κ2) is 3.01. The van der Waals surface area contributed by atoms with Crippen molar-refractivity contribution in [2.45, 2.75) is 25.3 Å². The predicted molar refractivity (Wildman–Crippen MR) is 53.4 cm³/mol. The van der Waals surface area contributed by atoms with E-state index in [0.29, 0.717) is 0 Å². The van der Waals surface area contributed by atoms with Gasteiger partial charge in [-0.25, -0.2) is 4.79 Å². The van der Waals surface area contributed by atoms with Crippen molar-refractivity contribution in [1.29, 1.82) is 0 Å². The van der Waals surface area contributed by atoms with Gasteiger partial charge in [0.1, 0.15) is 0 Å². The van der Waals surface area contributed by atoms with Crippen LogP contribution in [0.4, 0.5) is 4.79 Å². The molecule has 3 heteroatoms. The summed E-state index contributed by atoms with van der Waals surface area (Å²) >= 11 is 0. The second-order valence-corrected chi connectivity index (χ2v) is 4.11. The van der Waals surface area contributed by atoms with Gasteiger partial charge in [-0.15, -0.1) is 0 Å². The molecule has 0 radical (unpaired) electrons. The molecule has 1 aromatic carbocycles. The van der Waals surface area contributed by atoms with Gasteiger partial charge < -0.3 is 10.4 Å². The maximum absolute atomic E-state index is 10.6. The lowest BCUT2D eigenvalue weighted by Crippen LogP contribution is -2.46. The van der Waals surface area contributed by atoms with E-state index in [-0.39, 0.29) is 5.54 Å². The standard InChI is InChI=1S/C11H13NO2/c1-11(12-10(13)14)6-8-4-2-3-5-9(8)7-11/h2-5,12H,6-7H2,1H3,(H,13,14). The van der Waals surface area contributed by atoms with E-state index in [0.717, 1.165) is 12.8 Å². The van der Waals surface area contributed by atoms with Gasteiger partial charge in [0.15, 0.2) is 0 Å². The molecule has 0 bridgehead atoms. The van der Waals surface area contributed by atoms with Crippen molar-refractivity contribution in [3.63, 3.8) is 0 Å². The van der Waals surface area contributed by atoms with E-state index in [2.05, 4.69) is 17.4 Å². The van der Waals surface area contributed by atoms with E-state index in [4.69, 9.17) is 5.11 Å². The fourth-order valence-corrected chi connectivity index (χ4v) is 2.15. The zero-order valence-electron chi connectivity index (χ0n) is 8.08. The van der Waals surface area contributed by atoms with Gasteiger partial charge in [0.25, 0.3) is 0 Å². The van der Waals surface area contributed by atoms with Gasteiger partial charge in [-0.05, 0) is 30.9 Å². The molecule has 0 aliphatic heterocycles. The first-order chi connectivity index (χ1) is 6.59. The first-order valence-electron chi connectivity index (χ1n) is 4.67. The summed E-state index contributed by atoms with van der Waals surface area (Å²) in [6.07, 6.45) is 0.630. The van der Waals surface area contributed by atoms with E-state index < -0.39 is 6.09 Å². The molecule has 0 aromatic heterocycles. The molecule has 2 N–H and O–H groups in total. The Balaban J connectivity index is 2.21. The Morgan fingerprint density at radius 3 is 2.29 bits per heavy atom. The highest BCUT2D eigenvalue weighted by Crippen LogP contribution is 2.29. The van der Waals surface area contributed by atoms with E-state index >= 15 is 0 Å². The van der Waals surface area contributed by atoms with Crippen LogP contribution in [0.1, 0.15) is 18.1 Å². The summed E-state index contributed by atoms with van der Waals surface area (Å²) in [5, 5.41) is 11.3. The Labute approximate surface area is 82.8 Å². The third kappa shape index (κ3) is 1.58. The number of rotatable bonds is 1. The van der Waals surface area contributed by atoms with Crippen molar-refractivity contribution in [2.24, 2.45) is 0 Å². The van der Waals surface area contributed by atoms with Gasteiger partial charge >= 0.3 is 6.09 Å². The van der Waals surface area contributed by atoms with Crippen LogP contribution in [0.15, 0.2) is 24.3 Å². The highest BCUT2D eigenvalue weighted by atomic mass is 16.4. The number of carbonyl (C=O) groups is 1. The number of hydrogen-bond acceptors (Lipinski definition) is 1. The Bertz CT molecular complexity index is 348. The third-order valence-electron chi connectivity index (χ3n) is 2.69. The Morgan fingerprint density at radius 1 is 1.36 bits per heavy atom.